The monoisotopic (exact) mass is 286 g/mol. The van der Waals surface area contributed by atoms with Crippen molar-refractivity contribution in [3.05, 3.63) is 70.8 Å². The van der Waals surface area contributed by atoms with Gasteiger partial charge in [-0.3, -0.25) is 0 Å². The van der Waals surface area contributed by atoms with Crippen molar-refractivity contribution in [2.24, 2.45) is 5.16 Å². The molecule has 0 radical (unpaired) electrons. The molecule has 0 saturated carbocycles. The fraction of sp³-hybridized carbons (Fsp3) is 0.125. The third kappa shape index (κ3) is 4.39. The summed E-state index contributed by atoms with van der Waals surface area (Å²) in [4.78, 5) is 5.07. The Hall–Kier alpha value is -2.74. The predicted molar refractivity (Wildman–Crippen MR) is 74.9 cm³/mol. The third-order valence-electron chi connectivity index (χ3n) is 2.75. The lowest BCUT2D eigenvalue weighted by Gasteiger charge is -2.03. The van der Waals surface area contributed by atoms with Crippen LogP contribution in [0.15, 0.2) is 53.7 Å². The minimum atomic E-state index is -2.49. The van der Waals surface area contributed by atoms with Crippen LogP contribution in [-0.4, -0.2) is 6.21 Å². The molecule has 106 valence electrons. The van der Waals surface area contributed by atoms with E-state index in [1.54, 1.807) is 36.4 Å². The molecule has 0 saturated heterocycles. The highest BCUT2D eigenvalue weighted by Crippen LogP contribution is 2.19. The van der Waals surface area contributed by atoms with E-state index in [9.17, 15) is 8.78 Å². The van der Waals surface area contributed by atoms with Crippen LogP contribution in [0.3, 0.4) is 0 Å². The van der Waals surface area contributed by atoms with Crippen LogP contribution in [0.4, 0.5) is 8.78 Å². The number of nitrogens with zero attached hydrogens (tertiary/aromatic N) is 2. The van der Waals surface area contributed by atoms with Gasteiger partial charge in [0.2, 0.25) is 0 Å². The first-order valence-corrected chi connectivity index (χ1v) is 6.21. The summed E-state index contributed by atoms with van der Waals surface area (Å²) in [6.07, 6.45) is -0.995. The Morgan fingerprint density at radius 1 is 1.19 bits per heavy atom. The van der Waals surface area contributed by atoms with Crippen molar-refractivity contribution in [1.29, 1.82) is 5.26 Å². The van der Waals surface area contributed by atoms with E-state index >= 15 is 0 Å². The molecular weight excluding hydrogens is 274 g/mol. The van der Waals surface area contributed by atoms with Crippen molar-refractivity contribution in [2.75, 3.05) is 0 Å². The van der Waals surface area contributed by atoms with Crippen LogP contribution in [0.1, 0.15) is 28.7 Å². The van der Waals surface area contributed by atoms with Crippen molar-refractivity contribution < 1.29 is 13.6 Å². The molecule has 3 nitrogen and oxygen atoms in total. The average molecular weight is 286 g/mol. The molecule has 0 heterocycles. The van der Waals surface area contributed by atoms with Gasteiger partial charge in [-0.15, -0.1) is 0 Å². The van der Waals surface area contributed by atoms with Crippen LogP contribution < -0.4 is 0 Å². The number of hydrogen-bond donors (Lipinski definition) is 0. The van der Waals surface area contributed by atoms with Crippen molar-refractivity contribution in [2.45, 2.75) is 13.0 Å². The van der Waals surface area contributed by atoms with Crippen LogP contribution >= 0.6 is 0 Å². The van der Waals surface area contributed by atoms with E-state index < -0.39 is 6.43 Å². The molecule has 0 bridgehead atoms. The summed E-state index contributed by atoms with van der Waals surface area (Å²) >= 11 is 0. The van der Waals surface area contributed by atoms with Gasteiger partial charge in [-0.2, -0.15) is 5.26 Å². The fourth-order valence-electron chi connectivity index (χ4n) is 1.67. The lowest BCUT2D eigenvalue weighted by atomic mass is 10.1. The van der Waals surface area contributed by atoms with Gasteiger partial charge in [0.15, 0.2) is 0 Å². The zero-order chi connectivity index (χ0) is 15.1. The Morgan fingerprint density at radius 2 is 1.95 bits per heavy atom. The number of alkyl halides is 2. The van der Waals surface area contributed by atoms with Gasteiger partial charge in [0, 0.05) is 5.56 Å². The van der Waals surface area contributed by atoms with Crippen LogP contribution in [0.25, 0.3) is 0 Å². The van der Waals surface area contributed by atoms with Crippen LogP contribution in [0, 0.1) is 11.3 Å². The molecule has 0 aromatic heterocycles. The maximum atomic E-state index is 12.5. The number of halogens is 2. The van der Waals surface area contributed by atoms with Crippen molar-refractivity contribution in [3.8, 4) is 6.07 Å². The Kier molecular flexibility index (Phi) is 4.99. The molecule has 0 aliphatic rings. The highest BCUT2D eigenvalue weighted by Gasteiger charge is 2.06. The largest absolute Gasteiger partial charge is 0.391 e. The van der Waals surface area contributed by atoms with Crippen LogP contribution in [0.2, 0.25) is 0 Å². The highest BCUT2D eigenvalue weighted by molar-refractivity contribution is 5.79. The smallest absolute Gasteiger partial charge is 0.263 e. The Balaban J connectivity index is 1.90. The van der Waals surface area contributed by atoms with Gasteiger partial charge in [0.1, 0.15) is 6.61 Å². The molecule has 0 fully saturated rings. The first-order valence-electron chi connectivity index (χ1n) is 6.21. The van der Waals surface area contributed by atoms with Crippen molar-refractivity contribution >= 4 is 6.21 Å². The van der Waals surface area contributed by atoms with Gasteiger partial charge < -0.3 is 4.84 Å². The predicted octanol–water partition coefficient (Wildman–Crippen LogP) is 4.05. The maximum absolute atomic E-state index is 12.5. The van der Waals surface area contributed by atoms with E-state index in [1.165, 1.54) is 18.3 Å². The third-order valence-corrected chi connectivity index (χ3v) is 2.75. The summed E-state index contributed by atoms with van der Waals surface area (Å²) in [6.45, 7) is 0.118. The summed E-state index contributed by atoms with van der Waals surface area (Å²) in [6, 6.07) is 14.9. The molecule has 0 spiro atoms. The molecule has 2 rings (SSSR count). The average Bonchev–Trinajstić information content (AvgIpc) is 2.52. The second kappa shape index (κ2) is 7.15. The number of hydrogen-bond acceptors (Lipinski definition) is 3. The van der Waals surface area contributed by atoms with Crippen molar-refractivity contribution in [1.82, 2.24) is 0 Å². The van der Waals surface area contributed by atoms with E-state index in [1.807, 2.05) is 6.07 Å². The van der Waals surface area contributed by atoms with Gasteiger partial charge in [0.05, 0.1) is 17.8 Å². The minimum absolute atomic E-state index is 0.0350. The summed E-state index contributed by atoms with van der Waals surface area (Å²) in [5, 5.41) is 12.4. The molecule has 0 N–H and O–H groups in total. The molecular formula is C16H12F2N2O. The zero-order valence-electron chi connectivity index (χ0n) is 11.0. The van der Waals surface area contributed by atoms with Gasteiger partial charge >= 0.3 is 0 Å². The molecule has 0 aliphatic carbocycles. The van der Waals surface area contributed by atoms with E-state index in [0.717, 1.165) is 5.56 Å². The summed E-state index contributed by atoms with van der Waals surface area (Å²) < 4.78 is 25.1. The lowest BCUT2D eigenvalue weighted by molar-refractivity contribution is 0.130. The Bertz CT molecular complexity index is 661. The van der Waals surface area contributed by atoms with Crippen LogP contribution in [-0.2, 0) is 11.4 Å². The quantitative estimate of drug-likeness (QED) is 0.615. The summed E-state index contributed by atoms with van der Waals surface area (Å²) in [5.74, 6) is 0. The number of benzene rings is 2. The fourth-order valence-corrected chi connectivity index (χ4v) is 1.67. The molecule has 0 unspecified atom stereocenters. The molecule has 0 aliphatic heterocycles. The number of rotatable bonds is 5. The SMILES string of the molecule is N#Cc1ccc(C=NOCc2cccc(C(F)F)c2)cc1. The zero-order valence-corrected chi connectivity index (χ0v) is 11.0. The second-order valence-electron chi connectivity index (χ2n) is 4.29. The lowest BCUT2D eigenvalue weighted by Crippen LogP contribution is -1.91. The topological polar surface area (TPSA) is 45.4 Å². The van der Waals surface area contributed by atoms with E-state index in [4.69, 9.17) is 10.1 Å². The normalized spacial score (nSPS) is 10.8. The maximum Gasteiger partial charge on any atom is 0.263 e. The second-order valence-corrected chi connectivity index (χ2v) is 4.29. The molecule has 2 aromatic rings. The molecule has 0 atom stereocenters. The Morgan fingerprint density at radius 3 is 2.62 bits per heavy atom. The molecule has 0 amide bonds. The van der Waals surface area contributed by atoms with Gasteiger partial charge in [-0.25, -0.2) is 8.78 Å². The molecule has 21 heavy (non-hydrogen) atoms. The van der Waals surface area contributed by atoms with E-state index in [-0.39, 0.29) is 12.2 Å². The van der Waals surface area contributed by atoms with E-state index in [2.05, 4.69) is 5.16 Å². The first kappa shape index (κ1) is 14.7. The summed E-state index contributed by atoms with van der Waals surface area (Å²) in [7, 11) is 0. The van der Waals surface area contributed by atoms with Gasteiger partial charge in [-0.1, -0.05) is 35.5 Å². The molecule has 5 heteroatoms. The van der Waals surface area contributed by atoms with Gasteiger partial charge in [0.25, 0.3) is 6.43 Å². The highest BCUT2D eigenvalue weighted by atomic mass is 19.3. The Labute approximate surface area is 121 Å². The first-order chi connectivity index (χ1) is 10.2. The molecule has 2 aromatic carbocycles. The number of oxime groups is 1. The summed E-state index contributed by atoms with van der Waals surface area (Å²) in [5.41, 5.74) is 1.95. The van der Waals surface area contributed by atoms with Crippen molar-refractivity contribution in [3.63, 3.8) is 0 Å². The number of nitriles is 1. The minimum Gasteiger partial charge on any atom is -0.391 e. The van der Waals surface area contributed by atoms with E-state index in [0.29, 0.717) is 11.1 Å². The van der Waals surface area contributed by atoms with Gasteiger partial charge in [-0.05, 0) is 29.3 Å². The van der Waals surface area contributed by atoms with Crippen LogP contribution in [0.5, 0.6) is 0 Å². The standard InChI is InChI=1S/C16H12F2N2O/c17-16(18)15-3-1-2-14(8-15)11-21-20-10-13-6-4-12(9-19)5-7-13/h1-8,10,16H,11H2.